The van der Waals surface area contributed by atoms with Crippen molar-refractivity contribution >= 4 is 27.5 Å². The molecule has 0 atom stereocenters. The predicted molar refractivity (Wildman–Crippen MR) is 114 cm³/mol. The number of nitrogens with zero attached hydrogens (tertiary/aromatic N) is 2. The molecule has 146 valence electrons. The molecular weight excluding hydrogens is 368 g/mol. The molecule has 5 heteroatoms. The third-order valence-electron chi connectivity index (χ3n) is 5.33. The predicted octanol–water partition coefficient (Wildman–Crippen LogP) is 5.17. The summed E-state index contributed by atoms with van der Waals surface area (Å²) in [4.78, 5) is 19.3. The zero-order valence-corrected chi connectivity index (χ0v) is 17.1. The van der Waals surface area contributed by atoms with Crippen molar-refractivity contribution in [3.05, 3.63) is 59.1 Å². The SMILES string of the molecule is Cc1ccc(OCCCC(=O)N2CCC(c3nc4ccccc4s3)CC2)cc1. The van der Waals surface area contributed by atoms with Gasteiger partial charge in [0.1, 0.15) is 5.75 Å². The number of para-hydroxylation sites is 1. The first-order valence-electron chi connectivity index (χ1n) is 10.0. The lowest BCUT2D eigenvalue weighted by Gasteiger charge is -2.31. The van der Waals surface area contributed by atoms with E-state index < -0.39 is 0 Å². The summed E-state index contributed by atoms with van der Waals surface area (Å²) in [6.45, 7) is 4.30. The van der Waals surface area contributed by atoms with Gasteiger partial charge >= 0.3 is 0 Å². The molecule has 1 aliphatic heterocycles. The van der Waals surface area contributed by atoms with Crippen molar-refractivity contribution in [2.24, 2.45) is 0 Å². The van der Waals surface area contributed by atoms with Gasteiger partial charge in [-0.25, -0.2) is 4.98 Å². The Bertz CT molecular complexity index is 894. The van der Waals surface area contributed by atoms with Crippen LogP contribution in [0.5, 0.6) is 5.75 Å². The van der Waals surface area contributed by atoms with Crippen molar-refractivity contribution in [1.29, 1.82) is 0 Å². The smallest absolute Gasteiger partial charge is 0.222 e. The highest BCUT2D eigenvalue weighted by atomic mass is 32.1. The van der Waals surface area contributed by atoms with Crippen LogP contribution in [0.3, 0.4) is 0 Å². The summed E-state index contributed by atoms with van der Waals surface area (Å²) >= 11 is 1.80. The van der Waals surface area contributed by atoms with Crippen molar-refractivity contribution in [3.63, 3.8) is 0 Å². The number of thiazole rings is 1. The minimum Gasteiger partial charge on any atom is -0.494 e. The molecule has 3 aromatic rings. The number of carbonyl (C=O) groups is 1. The van der Waals surface area contributed by atoms with Gasteiger partial charge in [0.05, 0.1) is 21.8 Å². The molecule has 1 aromatic heterocycles. The van der Waals surface area contributed by atoms with E-state index in [0.29, 0.717) is 18.9 Å². The van der Waals surface area contributed by atoms with Crippen LogP contribution in [0.15, 0.2) is 48.5 Å². The van der Waals surface area contributed by atoms with Gasteiger partial charge in [0.2, 0.25) is 5.91 Å². The molecule has 4 rings (SSSR count). The van der Waals surface area contributed by atoms with Gasteiger partial charge in [0.25, 0.3) is 0 Å². The van der Waals surface area contributed by atoms with E-state index in [9.17, 15) is 4.79 Å². The highest BCUT2D eigenvalue weighted by molar-refractivity contribution is 7.18. The molecule has 1 aliphatic rings. The van der Waals surface area contributed by atoms with E-state index in [1.807, 2.05) is 35.2 Å². The largest absolute Gasteiger partial charge is 0.494 e. The molecule has 0 bridgehead atoms. The fourth-order valence-corrected chi connectivity index (χ4v) is 4.78. The lowest BCUT2D eigenvalue weighted by Crippen LogP contribution is -2.37. The summed E-state index contributed by atoms with van der Waals surface area (Å²) in [7, 11) is 0. The number of benzene rings is 2. The first-order valence-corrected chi connectivity index (χ1v) is 10.8. The number of rotatable bonds is 6. The first kappa shape index (κ1) is 18.9. The molecule has 0 saturated carbocycles. The van der Waals surface area contributed by atoms with Crippen molar-refractivity contribution in [2.45, 2.75) is 38.5 Å². The normalized spacial score (nSPS) is 15.1. The number of hydrogen-bond donors (Lipinski definition) is 0. The van der Waals surface area contributed by atoms with Crippen LogP contribution in [0.1, 0.15) is 42.2 Å². The number of aromatic nitrogens is 1. The molecular formula is C23H26N2O2S. The van der Waals surface area contributed by atoms with Gasteiger partial charge in [-0.1, -0.05) is 29.8 Å². The Hall–Kier alpha value is -2.40. The second kappa shape index (κ2) is 8.74. The van der Waals surface area contributed by atoms with Crippen molar-refractivity contribution in [1.82, 2.24) is 9.88 Å². The summed E-state index contributed by atoms with van der Waals surface area (Å²) in [5.74, 6) is 1.59. The second-order valence-electron chi connectivity index (χ2n) is 7.44. The number of piperidine rings is 1. The van der Waals surface area contributed by atoms with E-state index in [2.05, 4.69) is 25.1 Å². The highest BCUT2D eigenvalue weighted by Crippen LogP contribution is 2.33. The molecule has 1 saturated heterocycles. The molecule has 2 heterocycles. The zero-order valence-electron chi connectivity index (χ0n) is 16.3. The molecule has 4 nitrogen and oxygen atoms in total. The average molecular weight is 395 g/mol. The molecule has 1 fully saturated rings. The summed E-state index contributed by atoms with van der Waals surface area (Å²) in [5.41, 5.74) is 2.31. The van der Waals surface area contributed by atoms with E-state index in [1.54, 1.807) is 11.3 Å². The number of ether oxygens (including phenoxy) is 1. The summed E-state index contributed by atoms with van der Waals surface area (Å²) in [6, 6.07) is 16.3. The Balaban J connectivity index is 1.21. The highest BCUT2D eigenvalue weighted by Gasteiger charge is 2.25. The van der Waals surface area contributed by atoms with Crippen molar-refractivity contribution < 1.29 is 9.53 Å². The van der Waals surface area contributed by atoms with Crippen molar-refractivity contribution in [2.75, 3.05) is 19.7 Å². The lowest BCUT2D eigenvalue weighted by atomic mass is 9.97. The lowest BCUT2D eigenvalue weighted by molar-refractivity contribution is -0.132. The Morgan fingerprint density at radius 1 is 1.14 bits per heavy atom. The van der Waals surface area contributed by atoms with Crippen LogP contribution in [0.4, 0.5) is 0 Å². The van der Waals surface area contributed by atoms with Gasteiger partial charge in [-0.2, -0.15) is 0 Å². The summed E-state index contributed by atoms with van der Waals surface area (Å²) in [6.07, 6.45) is 3.32. The Kier molecular flexibility index (Phi) is 5.91. The second-order valence-corrected chi connectivity index (χ2v) is 8.50. The van der Waals surface area contributed by atoms with Gasteiger partial charge in [0, 0.05) is 25.4 Å². The van der Waals surface area contributed by atoms with Crippen LogP contribution in [-0.4, -0.2) is 35.5 Å². The van der Waals surface area contributed by atoms with Crippen LogP contribution in [0, 0.1) is 6.92 Å². The number of carbonyl (C=O) groups excluding carboxylic acids is 1. The molecule has 0 spiro atoms. The van der Waals surface area contributed by atoms with Crippen LogP contribution in [0.25, 0.3) is 10.2 Å². The molecule has 0 radical (unpaired) electrons. The quantitative estimate of drug-likeness (QED) is 0.542. The molecule has 28 heavy (non-hydrogen) atoms. The summed E-state index contributed by atoms with van der Waals surface area (Å²) < 4.78 is 6.98. The molecule has 2 aromatic carbocycles. The molecule has 0 N–H and O–H groups in total. The van der Waals surface area contributed by atoms with E-state index in [4.69, 9.17) is 9.72 Å². The maximum Gasteiger partial charge on any atom is 0.222 e. The monoisotopic (exact) mass is 394 g/mol. The topological polar surface area (TPSA) is 42.4 Å². The van der Waals surface area contributed by atoms with Gasteiger partial charge in [0.15, 0.2) is 0 Å². The Morgan fingerprint density at radius 3 is 2.64 bits per heavy atom. The van der Waals surface area contributed by atoms with Gasteiger partial charge in [-0.15, -0.1) is 11.3 Å². The van der Waals surface area contributed by atoms with Crippen LogP contribution < -0.4 is 4.74 Å². The Labute approximate surface area is 170 Å². The Morgan fingerprint density at radius 2 is 1.89 bits per heavy atom. The van der Waals surface area contributed by atoms with E-state index in [1.165, 1.54) is 15.3 Å². The number of hydrogen-bond acceptors (Lipinski definition) is 4. The van der Waals surface area contributed by atoms with Crippen LogP contribution >= 0.6 is 11.3 Å². The third kappa shape index (κ3) is 4.53. The number of likely N-dealkylation sites (tertiary alicyclic amines) is 1. The summed E-state index contributed by atoms with van der Waals surface area (Å²) in [5, 5.41) is 1.22. The van der Waals surface area contributed by atoms with Gasteiger partial charge < -0.3 is 9.64 Å². The first-order chi connectivity index (χ1) is 13.7. The molecule has 1 amide bonds. The van der Waals surface area contributed by atoms with Gasteiger partial charge in [-0.3, -0.25) is 4.79 Å². The minimum absolute atomic E-state index is 0.246. The molecule has 0 aliphatic carbocycles. The van der Waals surface area contributed by atoms with Crippen LogP contribution in [0.2, 0.25) is 0 Å². The van der Waals surface area contributed by atoms with Crippen LogP contribution in [-0.2, 0) is 4.79 Å². The zero-order chi connectivity index (χ0) is 19.3. The third-order valence-corrected chi connectivity index (χ3v) is 6.53. The number of fused-ring (bicyclic) bond motifs is 1. The van der Waals surface area contributed by atoms with Crippen molar-refractivity contribution in [3.8, 4) is 5.75 Å². The number of aryl methyl sites for hydroxylation is 1. The fraction of sp³-hybridized carbons (Fsp3) is 0.391. The number of amides is 1. The van der Waals surface area contributed by atoms with E-state index >= 15 is 0 Å². The average Bonchev–Trinajstić information content (AvgIpc) is 3.17. The fourth-order valence-electron chi connectivity index (χ4n) is 3.65. The maximum atomic E-state index is 12.5. The van der Waals surface area contributed by atoms with E-state index in [0.717, 1.165) is 43.6 Å². The van der Waals surface area contributed by atoms with Gasteiger partial charge in [-0.05, 0) is 50.5 Å². The standard InChI is InChI=1S/C23H26N2O2S/c1-17-8-10-19(11-9-17)27-16-4-7-22(26)25-14-12-18(13-15-25)23-24-20-5-2-3-6-21(20)28-23/h2-3,5-6,8-11,18H,4,7,12-16H2,1H3. The van der Waals surface area contributed by atoms with E-state index in [-0.39, 0.29) is 5.91 Å². The minimum atomic E-state index is 0.246. The maximum absolute atomic E-state index is 12.5. The molecule has 0 unspecified atom stereocenters.